The lowest BCUT2D eigenvalue weighted by Gasteiger charge is -2.11. The predicted octanol–water partition coefficient (Wildman–Crippen LogP) is 4.57. The Morgan fingerprint density at radius 1 is 1.10 bits per heavy atom. The van der Waals surface area contributed by atoms with Gasteiger partial charge >= 0.3 is 0 Å². The number of hydrogen-bond donors (Lipinski definition) is 0. The summed E-state index contributed by atoms with van der Waals surface area (Å²) in [4.78, 5) is -0.0390. The van der Waals surface area contributed by atoms with Crippen LogP contribution < -0.4 is 4.74 Å². The minimum absolute atomic E-state index is 0.0390. The van der Waals surface area contributed by atoms with Gasteiger partial charge in [0, 0.05) is 15.2 Å². The molecule has 0 aliphatic heterocycles. The maximum atomic E-state index is 11.6. The molecule has 0 aromatic heterocycles. The first kappa shape index (κ1) is 16.3. The Balaban J connectivity index is 2.28. The van der Waals surface area contributed by atoms with Crippen molar-refractivity contribution in [2.24, 2.45) is 0 Å². The Morgan fingerprint density at radius 2 is 1.71 bits per heavy atom. The molecule has 2 aromatic rings. The second-order valence-electron chi connectivity index (χ2n) is 4.81. The molecule has 0 heterocycles. The smallest absolute Gasteiger partial charge is 0.265 e. The fraction of sp³-hybridized carbons (Fsp3) is 0.200. The predicted molar refractivity (Wildman–Crippen MR) is 87.4 cm³/mol. The molecule has 0 unspecified atom stereocenters. The standard InChI is InChI=1S/C15H14BrClO3S/c1-10-5-11(2)7-12(6-10)9-20-14-4-3-13(16)8-15(14)21(17,18)19/h3-8H,9H2,1-2H3. The van der Waals surface area contributed by atoms with Crippen LogP contribution in [0, 0.1) is 13.8 Å². The third-order valence-corrected chi connectivity index (χ3v) is 4.68. The lowest BCUT2D eigenvalue weighted by molar-refractivity contribution is 0.298. The van der Waals surface area contributed by atoms with Crippen LogP contribution in [0.25, 0.3) is 0 Å². The van der Waals surface area contributed by atoms with Gasteiger partial charge in [-0.1, -0.05) is 45.3 Å². The van der Waals surface area contributed by atoms with E-state index in [1.165, 1.54) is 6.07 Å². The fourth-order valence-electron chi connectivity index (χ4n) is 2.11. The lowest BCUT2D eigenvalue weighted by atomic mass is 10.1. The van der Waals surface area contributed by atoms with Gasteiger partial charge in [0.2, 0.25) is 0 Å². The Hall–Kier alpha value is -1.04. The first-order valence-corrected chi connectivity index (χ1v) is 9.30. The van der Waals surface area contributed by atoms with Crippen LogP contribution in [0.2, 0.25) is 0 Å². The molecule has 0 bridgehead atoms. The monoisotopic (exact) mass is 388 g/mol. The van der Waals surface area contributed by atoms with E-state index in [4.69, 9.17) is 15.4 Å². The molecule has 112 valence electrons. The summed E-state index contributed by atoms with van der Waals surface area (Å²) in [5, 5.41) is 0. The number of ether oxygens (including phenoxy) is 1. The van der Waals surface area contributed by atoms with E-state index < -0.39 is 9.05 Å². The Kier molecular flexibility index (Phi) is 4.96. The normalized spacial score (nSPS) is 11.4. The van der Waals surface area contributed by atoms with E-state index in [2.05, 4.69) is 22.0 Å². The van der Waals surface area contributed by atoms with Crippen LogP contribution in [0.4, 0.5) is 0 Å². The first-order valence-electron chi connectivity index (χ1n) is 6.20. The van der Waals surface area contributed by atoms with Gasteiger partial charge in [-0.25, -0.2) is 8.42 Å². The molecule has 0 amide bonds. The molecule has 0 aliphatic carbocycles. The summed E-state index contributed by atoms with van der Waals surface area (Å²) in [6, 6.07) is 10.8. The Labute approximate surface area is 137 Å². The molecule has 0 radical (unpaired) electrons. The van der Waals surface area contributed by atoms with Crippen molar-refractivity contribution in [3.8, 4) is 5.75 Å². The summed E-state index contributed by atoms with van der Waals surface area (Å²) in [6.07, 6.45) is 0. The number of benzene rings is 2. The summed E-state index contributed by atoms with van der Waals surface area (Å²) in [6.45, 7) is 4.29. The van der Waals surface area contributed by atoms with Crippen molar-refractivity contribution in [1.29, 1.82) is 0 Å². The van der Waals surface area contributed by atoms with Crippen LogP contribution in [-0.4, -0.2) is 8.42 Å². The van der Waals surface area contributed by atoms with Crippen molar-refractivity contribution < 1.29 is 13.2 Å². The maximum Gasteiger partial charge on any atom is 0.265 e. The highest BCUT2D eigenvalue weighted by Crippen LogP contribution is 2.30. The summed E-state index contributed by atoms with van der Waals surface area (Å²) < 4.78 is 29.4. The highest BCUT2D eigenvalue weighted by atomic mass is 79.9. The van der Waals surface area contributed by atoms with Gasteiger partial charge in [-0.05, 0) is 37.6 Å². The molecule has 0 atom stereocenters. The largest absolute Gasteiger partial charge is 0.487 e. The molecule has 21 heavy (non-hydrogen) atoms. The van der Waals surface area contributed by atoms with E-state index in [0.717, 1.165) is 16.7 Å². The van der Waals surface area contributed by atoms with Gasteiger partial charge in [0.05, 0.1) is 0 Å². The number of hydrogen-bond acceptors (Lipinski definition) is 3. The highest BCUT2D eigenvalue weighted by Gasteiger charge is 2.17. The molecule has 6 heteroatoms. The summed E-state index contributed by atoms with van der Waals surface area (Å²) in [5.41, 5.74) is 3.25. The van der Waals surface area contributed by atoms with Crippen LogP contribution in [-0.2, 0) is 15.7 Å². The molecule has 0 N–H and O–H groups in total. The summed E-state index contributed by atoms with van der Waals surface area (Å²) in [5.74, 6) is 0.243. The second kappa shape index (κ2) is 6.38. The average Bonchev–Trinajstić information content (AvgIpc) is 2.35. The van der Waals surface area contributed by atoms with Crippen molar-refractivity contribution in [2.75, 3.05) is 0 Å². The molecule has 3 nitrogen and oxygen atoms in total. The molecule has 0 spiro atoms. The first-order chi connectivity index (χ1) is 9.75. The van der Waals surface area contributed by atoms with Crippen molar-refractivity contribution in [3.63, 3.8) is 0 Å². The molecule has 0 fully saturated rings. The zero-order valence-electron chi connectivity index (χ0n) is 11.6. The molecular formula is C15H14BrClO3S. The fourth-order valence-corrected chi connectivity index (χ4v) is 3.61. The van der Waals surface area contributed by atoms with Gasteiger partial charge in [-0.15, -0.1) is 0 Å². The number of rotatable bonds is 4. The third kappa shape index (κ3) is 4.46. The van der Waals surface area contributed by atoms with Crippen molar-refractivity contribution in [2.45, 2.75) is 25.3 Å². The molecule has 0 saturated carbocycles. The van der Waals surface area contributed by atoms with E-state index in [0.29, 0.717) is 4.47 Å². The molecule has 0 saturated heterocycles. The zero-order chi connectivity index (χ0) is 15.6. The second-order valence-corrected chi connectivity index (χ2v) is 8.26. The van der Waals surface area contributed by atoms with Crippen LogP contribution >= 0.6 is 26.6 Å². The van der Waals surface area contributed by atoms with Crippen LogP contribution in [0.3, 0.4) is 0 Å². The van der Waals surface area contributed by atoms with E-state index in [-0.39, 0.29) is 17.3 Å². The van der Waals surface area contributed by atoms with E-state index in [9.17, 15) is 8.42 Å². The molecular weight excluding hydrogens is 376 g/mol. The quantitative estimate of drug-likeness (QED) is 0.719. The topological polar surface area (TPSA) is 43.4 Å². The number of halogens is 2. The van der Waals surface area contributed by atoms with Gasteiger partial charge < -0.3 is 4.74 Å². The van der Waals surface area contributed by atoms with Crippen LogP contribution in [0.15, 0.2) is 45.8 Å². The van der Waals surface area contributed by atoms with E-state index in [1.54, 1.807) is 12.1 Å². The Bertz CT molecular complexity index is 752. The average molecular weight is 390 g/mol. The van der Waals surface area contributed by atoms with Crippen molar-refractivity contribution in [3.05, 3.63) is 57.6 Å². The SMILES string of the molecule is Cc1cc(C)cc(COc2ccc(Br)cc2S(=O)(=O)Cl)c1. The van der Waals surface area contributed by atoms with E-state index >= 15 is 0 Å². The highest BCUT2D eigenvalue weighted by molar-refractivity contribution is 9.10. The Morgan fingerprint density at radius 3 is 2.29 bits per heavy atom. The molecule has 0 aliphatic rings. The van der Waals surface area contributed by atoms with Gasteiger partial charge in [-0.2, -0.15) is 0 Å². The van der Waals surface area contributed by atoms with Gasteiger partial charge in [-0.3, -0.25) is 0 Å². The summed E-state index contributed by atoms with van der Waals surface area (Å²) in [7, 11) is 1.58. The van der Waals surface area contributed by atoms with Gasteiger partial charge in [0.15, 0.2) is 0 Å². The van der Waals surface area contributed by atoms with Gasteiger partial charge in [0.25, 0.3) is 9.05 Å². The van der Waals surface area contributed by atoms with Crippen LogP contribution in [0.1, 0.15) is 16.7 Å². The summed E-state index contributed by atoms with van der Waals surface area (Å²) >= 11 is 3.23. The zero-order valence-corrected chi connectivity index (χ0v) is 14.7. The molecule has 2 rings (SSSR count). The van der Waals surface area contributed by atoms with E-state index in [1.807, 2.05) is 26.0 Å². The minimum Gasteiger partial charge on any atom is -0.487 e. The third-order valence-electron chi connectivity index (χ3n) is 2.84. The minimum atomic E-state index is -3.86. The maximum absolute atomic E-state index is 11.6. The van der Waals surface area contributed by atoms with Gasteiger partial charge in [0.1, 0.15) is 17.3 Å². The molecule has 2 aromatic carbocycles. The van der Waals surface area contributed by atoms with Crippen molar-refractivity contribution >= 4 is 35.7 Å². The lowest BCUT2D eigenvalue weighted by Crippen LogP contribution is -2.01. The van der Waals surface area contributed by atoms with Crippen molar-refractivity contribution in [1.82, 2.24) is 0 Å². The number of aryl methyl sites for hydroxylation is 2. The van der Waals surface area contributed by atoms with Crippen LogP contribution in [0.5, 0.6) is 5.75 Å².